The van der Waals surface area contributed by atoms with Crippen LogP contribution in [0, 0.1) is 0 Å². The molecule has 1 heterocycles. The summed E-state index contributed by atoms with van der Waals surface area (Å²) in [5, 5.41) is 3.56. The van der Waals surface area contributed by atoms with E-state index in [2.05, 4.69) is 48.6 Å². The second kappa shape index (κ2) is 6.64. The molecule has 0 bridgehead atoms. The Bertz CT molecular complexity index is 583. The molecule has 0 amide bonds. The van der Waals surface area contributed by atoms with Gasteiger partial charge in [-0.25, -0.2) is 0 Å². The molecule has 110 valence electrons. The van der Waals surface area contributed by atoms with Crippen molar-refractivity contribution in [2.45, 2.75) is 19.4 Å². The number of hydrogen-bond donors (Lipinski definition) is 1. The Balaban J connectivity index is 1.53. The number of hydrogen-bond acceptors (Lipinski definition) is 3. The van der Waals surface area contributed by atoms with E-state index in [1.807, 2.05) is 12.1 Å². The summed E-state index contributed by atoms with van der Waals surface area (Å²) in [6, 6.07) is 17.1. The van der Waals surface area contributed by atoms with Gasteiger partial charge in [0, 0.05) is 6.04 Å². The van der Waals surface area contributed by atoms with Crippen LogP contribution in [0.3, 0.4) is 0 Å². The number of fused-ring (bicyclic) bond motifs is 1. The lowest BCUT2D eigenvalue weighted by atomic mass is 10.1. The highest BCUT2D eigenvalue weighted by Crippen LogP contribution is 2.30. The maximum atomic E-state index is 5.62. The van der Waals surface area contributed by atoms with E-state index in [1.54, 1.807) is 0 Å². The fourth-order valence-corrected chi connectivity index (χ4v) is 2.54. The topological polar surface area (TPSA) is 30.5 Å². The van der Waals surface area contributed by atoms with E-state index in [9.17, 15) is 0 Å². The molecule has 2 aromatic carbocycles. The van der Waals surface area contributed by atoms with Crippen LogP contribution in [0.4, 0.5) is 0 Å². The third-order valence-corrected chi connectivity index (χ3v) is 3.77. The molecular weight excluding hydrogens is 262 g/mol. The molecule has 0 saturated carbocycles. The molecule has 1 unspecified atom stereocenters. The zero-order chi connectivity index (χ0) is 14.5. The Kier molecular flexibility index (Phi) is 4.41. The van der Waals surface area contributed by atoms with Crippen molar-refractivity contribution >= 4 is 0 Å². The third-order valence-electron chi connectivity index (χ3n) is 3.77. The van der Waals surface area contributed by atoms with Gasteiger partial charge in [-0.3, -0.25) is 0 Å². The number of rotatable bonds is 5. The molecule has 3 rings (SSSR count). The van der Waals surface area contributed by atoms with Crippen LogP contribution in [-0.4, -0.2) is 19.8 Å². The van der Waals surface area contributed by atoms with Crippen LogP contribution in [0.1, 0.15) is 24.1 Å². The molecule has 2 aromatic rings. The number of benzene rings is 2. The van der Waals surface area contributed by atoms with Crippen molar-refractivity contribution in [3.63, 3.8) is 0 Å². The van der Waals surface area contributed by atoms with Crippen LogP contribution >= 0.6 is 0 Å². The van der Waals surface area contributed by atoms with Gasteiger partial charge in [-0.05, 0) is 43.1 Å². The summed E-state index contributed by atoms with van der Waals surface area (Å²) < 4.78 is 11.2. The third kappa shape index (κ3) is 3.56. The van der Waals surface area contributed by atoms with E-state index in [-0.39, 0.29) is 0 Å². The van der Waals surface area contributed by atoms with Crippen LogP contribution in [0.5, 0.6) is 11.5 Å². The summed E-state index contributed by atoms with van der Waals surface area (Å²) in [7, 11) is 0. The Labute approximate surface area is 125 Å². The average Bonchev–Trinajstić information content (AvgIpc) is 2.55. The Hall–Kier alpha value is -2.00. The summed E-state index contributed by atoms with van der Waals surface area (Å²) in [4.78, 5) is 0. The van der Waals surface area contributed by atoms with E-state index in [4.69, 9.17) is 9.47 Å². The SMILES string of the molecule is CC(NCCc1ccc2c(c1)OCCO2)c1ccccc1. The lowest BCUT2D eigenvalue weighted by Gasteiger charge is -2.19. The molecule has 3 nitrogen and oxygen atoms in total. The van der Waals surface area contributed by atoms with Gasteiger partial charge in [-0.15, -0.1) is 0 Å². The summed E-state index contributed by atoms with van der Waals surface area (Å²) in [5.74, 6) is 1.73. The van der Waals surface area contributed by atoms with Crippen LogP contribution in [-0.2, 0) is 6.42 Å². The average molecular weight is 283 g/mol. The van der Waals surface area contributed by atoms with E-state index in [0.29, 0.717) is 19.3 Å². The fraction of sp³-hybridized carbons (Fsp3) is 0.333. The highest BCUT2D eigenvalue weighted by Gasteiger charge is 2.11. The Morgan fingerprint density at radius 3 is 2.57 bits per heavy atom. The largest absolute Gasteiger partial charge is 0.486 e. The molecular formula is C18H21NO2. The summed E-state index contributed by atoms with van der Waals surface area (Å²) in [6.07, 6.45) is 0.980. The molecule has 1 atom stereocenters. The zero-order valence-corrected chi connectivity index (χ0v) is 12.3. The van der Waals surface area contributed by atoms with E-state index < -0.39 is 0 Å². The summed E-state index contributed by atoms with van der Waals surface area (Å²) in [5.41, 5.74) is 2.59. The Morgan fingerprint density at radius 2 is 1.76 bits per heavy atom. The van der Waals surface area contributed by atoms with Crippen LogP contribution < -0.4 is 14.8 Å². The standard InChI is InChI=1S/C18H21NO2/c1-14(16-5-3-2-4-6-16)19-10-9-15-7-8-17-18(13-15)21-12-11-20-17/h2-8,13-14,19H,9-12H2,1H3. The van der Waals surface area contributed by atoms with E-state index in [1.165, 1.54) is 11.1 Å². The predicted molar refractivity (Wildman–Crippen MR) is 84.0 cm³/mol. The van der Waals surface area contributed by atoms with Crippen molar-refractivity contribution in [1.82, 2.24) is 5.32 Å². The van der Waals surface area contributed by atoms with Gasteiger partial charge < -0.3 is 14.8 Å². The first kappa shape index (κ1) is 14.0. The molecule has 1 aliphatic rings. The fourth-order valence-electron chi connectivity index (χ4n) is 2.54. The van der Waals surface area contributed by atoms with Crippen molar-refractivity contribution in [2.75, 3.05) is 19.8 Å². The summed E-state index contributed by atoms with van der Waals surface area (Å²) in [6.45, 7) is 4.41. The first-order valence-corrected chi connectivity index (χ1v) is 7.50. The maximum Gasteiger partial charge on any atom is 0.161 e. The molecule has 3 heteroatoms. The minimum Gasteiger partial charge on any atom is -0.486 e. The molecule has 0 aliphatic carbocycles. The molecule has 1 N–H and O–H groups in total. The summed E-state index contributed by atoms with van der Waals surface area (Å²) >= 11 is 0. The number of ether oxygens (including phenoxy) is 2. The van der Waals surface area contributed by atoms with Gasteiger partial charge in [-0.2, -0.15) is 0 Å². The monoisotopic (exact) mass is 283 g/mol. The molecule has 0 aromatic heterocycles. The van der Waals surface area contributed by atoms with Gasteiger partial charge in [0.1, 0.15) is 13.2 Å². The normalized spacial score (nSPS) is 14.7. The number of nitrogens with one attached hydrogen (secondary N) is 1. The maximum absolute atomic E-state index is 5.62. The predicted octanol–water partition coefficient (Wildman–Crippen LogP) is 3.35. The van der Waals surface area contributed by atoms with Gasteiger partial charge in [0.15, 0.2) is 11.5 Å². The van der Waals surface area contributed by atoms with Gasteiger partial charge >= 0.3 is 0 Å². The molecule has 0 fully saturated rings. The van der Waals surface area contributed by atoms with Crippen molar-refractivity contribution in [3.05, 3.63) is 59.7 Å². The van der Waals surface area contributed by atoms with Gasteiger partial charge in [0.25, 0.3) is 0 Å². The van der Waals surface area contributed by atoms with Crippen LogP contribution in [0.2, 0.25) is 0 Å². The van der Waals surface area contributed by atoms with E-state index in [0.717, 1.165) is 24.5 Å². The molecule has 1 aliphatic heterocycles. The van der Waals surface area contributed by atoms with Crippen LogP contribution in [0.25, 0.3) is 0 Å². The van der Waals surface area contributed by atoms with Gasteiger partial charge in [0.2, 0.25) is 0 Å². The van der Waals surface area contributed by atoms with Crippen molar-refractivity contribution < 1.29 is 9.47 Å². The molecule has 21 heavy (non-hydrogen) atoms. The smallest absolute Gasteiger partial charge is 0.161 e. The minimum atomic E-state index is 0.364. The van der Waals surface area contributed by atoms with Crippen LogP contribution in [0.15, 0.2) is 48.5 Å². The highest BCUT2D eigenvalue weighted by molar-refractivity contribution is 5.43. The highest BCUT2D eigenvalue weighted by atomic mass is 16.6. The first-order chi connectivity index (χ1) is 10.3. The zero-order valence-electron chi connectivity index (χ0n) is 12.3. The minimum absolute atomic E-state index is 0.364. The van der Waals surface area contributed by atoms with Crippen molar-refractivity contribution in [3.8, 4) is 11.5 Å². The second-order valence-corrected chi connectivity index (χ2v) is 5.31. The quantitative estimate of drug-likeness (QED) is 0.913. The lowest BCUT2D eigenvalue weighted by Crippen LogP contribution is -2.21. The first-order valence-electron chi connectivity index (χ1n) is 7.50. The Morgan fingerprint density at radius 1 is 1.00 bits per heavy atom. The van der Waals surface area contributed by atoms with Gasteiger partial charge in [0.05, 0.1) is 0 Å². The van der Waals surface area contributed by atoms with Gasteiger partial charge in [-0.1, -0.05) is 36.4 Å². The van der Waals surface area contributed by atoms with Crippen molar-refractivity contribution in [1.29, 1.82) is 0 Å². The lowest BCUT2D eigenvalue weighted by molar-refractivity contribution is 0.171. The molecule has 0 radical (unpaired) electrons. The van der Waals surface area contributed by atoms with E-state index >= 15 is 0 Å². The molecule has 0 spiro atoms. The molecule has 0 saturated heterocycles. The van der Waals surface area contributed by atoms with Crippen molar-refractivity contribution in [2.24, 2.45) is 0 Å². The second-order valence-electron chi connectivity index (χ2n) is 5.31.